The van der Waals surface area contributed by atoms with Crippen molar-refractivity contribution in [3.05, 3.63) is 48.5 Å². The van der Waals surface area contributed by atoms with Gasteiger partial charge in [0.2, 0.25) is 0 Å². The van der Waals surface area contributed by atoms with Crippen LogP contribution in [0.5, 0.6) is 0 Å². The Labute approximate surface area is 126 Å². The van der Waals surface area contributed by atoms with Gasteiger partial charge in [-0.2, -0.15) is 0 Å². The Hall–Kier alpha value is -1.65. The largest absolute Gasteiger partial charge is 0.329 e. The number of hydrogen-bond acceptors (Lipinski definition) is 3. The first-order valence-electron chi connectivity index (χ1n) is 7.77. The van der Waals surface area contributed by atoms with Crippen molar-refractivity contribution < 1.29 is 0 Å². The van der Waals surface area contributed by atoms with Gasteiger partial charge in [-0.05, 0) is 43.0 Å². The highest BCUT2D eigenvalue weighted by Crippen LogP contribution is 2.23. The van der Waals surface area contributed by atoms with Crippen molar-refractivity contribution >= 4 is 0 Å². The predicted octanol–water partition coefficient (Wildman–Crippen LogP) is 2.43. The maximum Gasteiger partial charge on any atom is 0.0991 e. The molecule has 2 unspecified atom stereocenters. The molecule has 1 aliphatic rings. The molecule has 21 heavy (non-hydrogen) atoms. The lowest BCUT2D eigenvalue weighted by molar-refractivity contribution is 0.115. The van der Waals surface area contributed by atoms with E-state index in [1.165, 1.54) is 18.4 Å². The van der Waals surface area contributed by atoms with Gasteiger partial charge in [-0.1, -0.05) is 19.1 Å². The average molecular weight is 284 g/mol. The molecule has 2 aromatic rings. The van der Waals surface area contributed by atoms with E-state index in [0.29, 0.717) is 6.04 Å². The van der Waals surface area contributed by atoms with Gasteiger partial charge in [-0.25, -0.2) is 4.98 Å². The van der Waals surface area contributed by atoms with Crippen molar-refractivity contribution in [1.29, 1.82) is 0 Å². The van der Waals surface area contributed by atoms with E-state index in [1.807, 2.05) is 17.1 Å². The van der Waals surface area contributed by atoms with Crippen LogP contribution in [0.4, 0.5) is 0 Å². The van der Waals surface area contributed by atoms with Gasteiger partial charge in [-0.15, -0.1) is 0 Å². The van der Waals surface area contributed by atoms with Crippen molar-refractivity contribution in [2.24, 2.45) is 11.7 Å². The minimum atomic E-state index is 0.530. The maximum atomic E-state index is 5.95. The molecular formula is C17H24N4. The summed E-state index contributed by atoms with van der Waals surface area (Å²) in [6, 6.07) is 9.26. The van der Waals surface area contributed by atoms with Gasteiger partial charge < -0.3 is 10.3 Å². The summed E-state index contributed by atoms with van der Waals surface area (Å²) in [7, 11) is 0. The number of rotatable bonds is 4. The van der Waals surface area contributed by atoms with Gasteiger partial charge in [0.1, 0.15) is 0 Å². The SMILES string of the molecule is CC1CCN(Cc2ccc(-n3ccnc3)cc2)C(CN)C1. The summed E-state index contributed by atoms with van der Waals surface area (Å²) in [6.45, 7) is 5.25. The van der Waals surface area contributed by atoms with Crippen LogP contribution in [0.25, 0.3) is 5.69 Å². The minimum Gasteiger partial charge on any atom is -0.329 e. The van der Waals surface area contributed by atoms with E-state index in [2.05, 4.69) is 41.1 Å². The second kappa shape index (κ2) is 6.41. The molecule has 3 rings (SSSR count). The molecule has 2 heterocycles. The zero-order valence-corrected chi connectivity index (χ0v) is 12.7. The Morgan fingerprint density at radius 2 is 2.10 bits per heavy atom. The summed E-state index contributed by atoms with van der Waals surface area (Å²) in [6.07, 6.45) is 8.10. The van der Waals surface area contributed by atoms with Crippen molar-refractivity contribution in [2.75, 3.05) is 13.1 Å². The van der Waals surface area contributed by atoms with Crippen LogP contribution in [0.15, 0.2) is 43.0 Å². The summed E-state index contributed by atoms with van der Waals surface area (Å²) < 4.78 is 2.02. The average Bonchev–Trinajstić information content (AvgIpc) is 3.04. The zero-order valence-electron chi connectivity index (χ0n) is 12.7. The van der Waals surface area contributed by atoms with Gasteiger partial charge in [0.05, 0.1) is 6.33 Å². The zero-order chi connectivity index (χ0) is 14.7. The lowest BCUT2D eigenvalue weighted by Gasteiger charge is -2.38. The van der Waals surface area contributed by atoms with Crippen LogP contribution in [0.2, 0.25) is 0 Å². The molecule has 1 aliphatic heterocycles. The smallest absolute Gasteiger partial charge is 0.0991 e. The van der Waals surface area contributed by atoms with Crippen LogP contribution in [-0.4, -0.2) is 33.6 Å². The van der Waals surface area contributed by atoms with Crippen LogP contribution < -0.4 is 5.73 Å². The highest BCUT2D eigenvalue weighted by Gasteiger charge is 2.24. The van der Waals surface area contributed by atoms with Crippen LogP contribution in [0.1, 0.15) is 25.3 Å². The first-order valence-corrected chi connectivity index (χ1v) is 7.77. The molecule has 0 amide bonds. The summed E-state index contributed by atoms with van der Waals surface area (Å²) in [5.41, 5.74) is 8.45. The molecule has 4 nitrogen and oxygen atoms in total. The molecule has 2 atom stereocenters. The molecule has 0 radical (unpaired) electrons. The van der Waals surface area contributed by atoms with E-state index < -0.39 is 0 Å². The standard InChI is InChI=1S/C17H24N4/c1-14-6-8-20(17(10-14)11-18)12-15-2-4-16(5-3-15)21-9-7-19-13-21/h2-5,7,9,13-14,17H,6,8,10-12,18H2,1H3. The number of likely N-dealkylation sites (tertiary alicyclic amines) is 1. The molecule has 1 saturated heterocycles. The van der Waals surface area contributed by atoms with Crippen molar-refractivity contribution in [3.8, 4) is 5.69 Å². The second-order valence-electron chi connectivity index (χ2n) is 6.13. The molecule has 0 aliphatic carbocycles. The van der Waals surface area contributed by atoms with E-state index in [0.717, 1.165) is 31.2 Å². The number of nitrogens with two attached hydrogens (primary N) is 1. The lowest BCUT2D eigenvalue weighted by atomic mass is 9.92. The number of aromatic nitrogens is 2. The highest BCUT2D eigenvalue weighted by molar-refractivity contribution is 5.34. The van der Waals surface area contributed by atoms with Crippen molar-refractivity contribution in [1.82, 2.24) is 14.5 Å². The molecule has 0 spiro atoms. The Balaban J connectivity index is 1.67. The fraction of sp³-hybridized carbons (Fsp3) is 0.471. The van der Waals surface area contributed by atoms with Crippen LogP contribution in [0.3, 0.4) is 0 Å². The summed E-state index contributed by atoms with van der Waals surface area (Å²) in [4.78, 5) is 6.62. The molecule has 0 saturated carbocycles. The maximum absolute atomic E-state index is 5.95. The van der Waals surface area contributed by atoms with E-state index in [4.69, 9.17) is 5.73 Å². The predicted molar refractivity (Wildman–Crippen MR) is 85.2 cm³/mol. The third-order valence-electron chi connectivity index (χ3n) is 4.50. The fourth-order valence-corrected chi connectivity index (χ4v) is 3.17. The topological polar surface area (TPSA) is 47.1 Å². The van der Waals surface area contributed by atoms with Crippen LogP contribution in [-0.2, 0) is 6.54 Å². The molecule has 1 aromatic carbocycles. The lowest BCUT2D eigenvalue weighted by Crippen LogP contribution is -2.45. The molecule has 112 valence electrons. The monoisotopic (exact) mass is 284 g/mol. The molecule has 1 fully saturated rings. The summed E-state index contributed by atoms with van der Waals surface area (Å²) >= 11 is 0. The molecule has 0 bridgehead atoms. The fourth-order valence-electron chi connectivity index (χ4n) is 3.17. The van der Waals surface area contributed by atoms with E-state index in [1.54, 1.807) is 6.20 Å². The van der Waals surface area contributed by atoms with Gasteiger partial charge in [0.25, 0.3) is 0 Å². The highest BCUT2D eigenvalue weighted by atomic mass is 15.2. The van der Waals surface area contributed by atoms with Crippen molar-refractivity contribution in [3.63, 3.8) is 0 Å². The molecule has 1 aromatic heterocycles. The first-order chi connectivity index (χ1) is 10.3. The van der Waals surface area contributed by atoms with E-state index in [-0.39, 0.29) is 0 Å². The number of imidazole rings is 1. The number of nitrogens with zero attached hydrogens (tertiary/aromatic N) is 3. The number of piperidine rings is 1. The number of benzene rings is 1. The second-order valence-corrected chi connectivity index (χ2v) is 6.13. The first kappa shape index (κ1) is 14.3. The Morgan fingerprint density at radius 1 is 1.29 bits per heavy atom. The third kappa shape index (κ3) is 3.34. The van der Waals surface area contributed by atoms with Gasteiger partial charge in [0, 0.05) is 37.2 Å². The molecule has 2 N–H and O–H groups in total. The molecular weight excluding hydrogens is 260 g/mol. The van der Waals surface area contributed by atoms with E-state index in [9.17, 15) is 0 Å². The summed E-state index contributed by atoms with van der Waals surface area (Å²) in [5.74, 6) is 0.804. The van der Waals surface area contributed by atoms with Gasteiger partial charge >= 0.3 is 0 Å². The normalized spacial score (nSPS) is 23.3. The Morgan fingerprint density at radius 3 is 2.76 bits per heavy atom. The third-order valence-corrected chi connectivity index (χ3v) is 4.50. The quantitative estimate of drug-likeness (QED) is 0.938. The van der Waals surface area contributed by atoms with Gasteiger partial charge in [0.15, 0.2) is 0 Å². The van der Waals surface area contributed by atoms with Crippen molar-refractivity contribution in [2.45, 2.75) is 32.4 Å². The van der Waals surface area contributed by atoms with Gasteiger partial charge in [-0.3, -0.25) is 4.90 Å². The number of hydrogen-bond donors (Lipinski definition) is 1. The Kier molecular flexibility index (Phi) is 4.36. The minimum absolute atomic E-state index is 0.530. The Bertz CT molecular complexity index is 547. The van der Waals surface area contributed by atoms with Crippen LogP contribution in [0, 0.1) is 5.92 Å². The molecule has 4 heteroatoms. The van der Waals surface area contributed by atoms with Crippen LogP contribution >= 0.6 is 0 Å². The van der Waals surface area contributed by atoms with E-state index >= 15 is 0 Å². The summed E-state index contributed by atoms with van der Waals surface area (Å²) in [5, 5.41) is 0.